The molecule has 0 rings (SSSR count). The zero-order chi connectivity index (χ0) is 54.8. The number of carboxylic acid groups (broad SMARTS) is 3. The number of carbonyl (C=O) groups excluding carboxylic acids is 1. The lowest BCUT2D eigenvalue weighted by Gasteiger charge is -2.15. The van der Waals surface area contributed by atoms with Crippen LogP contribution in [0.1, 0.15) is 344 Å². The second-order valence-corrected chi connectivity index (χ2v) is 22.4. The summed E-state index contributed by atoms with van der Waals surface area (Å²) >= 11 is 0. The summed E-state index contributed by atoms with van der Waals surface area (Å²) in [6.45, 7) is 22.5. The number of hydrogen-bond acceptors (Lipinski definition) is 4. The molecular weight excluding hydrogens is 893 g/mol. The normalized spacial score (nSPS) is 11.8. The summed E-state index contributed by atoms with van der Waals surface area (Å²) < 4.78 is 0. The van der Waals surface area contributed by atoms with Crippen LogP contribution in [0, 0.1) is 23.2 Å². The van der Waals surface area contributed by atoms with Crippen LogP contribution in [0.15, 0.2) is 25.3 Å². The monoisotopic (exact) mass is 1020 g/mol. The van der Waals surface area contributed by atoms with Gasteiger partial charge in [0.05, 0.1) is 17.3 Å². The third-order valence-corrected chi connectivity index (χ3v) is 14.5. The summed E-state index contributed by atoms with van der Waals surface area (Å²) in [6, 6.07) is 0. The van der Waals surface area contributed by atoms with Crippen molar-refractivity contribution in [3.63, 3.8) is 0 Å². The average molecular weight is 1020 g/mol. The van der Waals surface area contributed by atoms with Crippen LogP contribution < -0.4 is 0 Å². The van der Waals surface area contributed by atoms with Gasteiger partial charge in [0.15, 0.2) is 0 Å². The van der Waals surface area contributed by atoms with Gasteiger partial charge in [-0.3, -0.25) is 19.2 Å². The van der Waals surface area contributed by atoms with Crippen molar-refractivity contribution in [2.75, 3.05) is 0 Å². The number of Topliss-reactive ketones (excluding diaryl/α,β-unsaturated/α-hetero) is 1. The van der Waals surface area contributed by atoms with E-state index in [0.717, 1.165) is 44.9 Å². The van der Waals surface area contributed by atoms with E-state index < -0.39 is 23.3 Å². The maximum Gasteiger partial charge on any atom is 0.309 e. The van der Waals surface area contributed by atoms with E-state index in [0.29, 0.717) is 6.42 Å². The molecule has 0 aromatic rings. The molecule has 0 saturated heterocycles. The molecule has 0 saturated carbocycles. The van der Waals surface area contributed by atoms with E-state index in [9.17, 15) is 24.3 Å². The first-order valence-electron chi connectivity index (χ1n) is 31.0. The van der Waals surface area contributed by atoms with Gasteiger partial charge < -0.3 is 15.3 Å². The summed E-state index contributed by atoms with van der Waals surface area (Å²) in [5.41, 5.74) is -0.651. The Morgan fingerprint density at radius 1 is 0.389 bits per heavy atom. The lowest BCUT2D eigenvalue weighted by molar-refractivity contribution is -0.147. The average Bonchev–Trinajstić information content (AvgIpc) is 3.34. The molecule has 0 aliphatic carbocycles. The molecule has 0 aliphatic rings. The van der Waals surface area contributed by atoms with E-state index in [2.05, 4.69) is 33.9 Å². The van der Waals surface area contributed by atoms with E-state index in [1.807, 2.05) is 6.92 Å². The molecule has 0 heterocycles. The lowest BCUT2D eigenvalue weighted by atomic mass is 9.90. The van der Waals surface area contributed by atoms with Gasteiger partial charge in [0.25, 0.3) is 0 Å². The van der Waals surface area contributed by atoms with Crippen molar-refractivity contribution in [3.8, 4) is 0 Å². The van der Waals surface area contributed by atoms with Gasteiger partial charge in [-0.05, 0) is 52.9 Å². The Labute approximate surface area is 449 Å². The summed E-state index contributed by atoms with van der Waals surface area (Å²) in [6.07, 6.45) is 61.4. The van der Waals surface area contributed by atoms with Crippen molar-refractivity contribution in [3.05, 3.63) is 25.3 Å². The van der Waals surface area contributed by atoms with E-state index in [4.69, 9.17) is 10.2 Å². The quantitative estimate of drug-likeness (QED) is 0.0409. The van der Waals surface area contributed by atoms with E-state index in [1.165, 1.54) is 238 Å². The molecule has 0 aromatic carbocycles. The van der Waals surface area contributed by atoms with Gasteiger partial charge in [-0.1, -0.05) is 304 Å². The van der Waals surface area contributed by atoms with Gasteiger partial charge in [-0.15, -0.1) is 13.2 Å². The SMILES string of the molecule is C=CCC(C)(C)C(=O)O.C=CCC(C)C(C)=O.CCCCCCCCCCCCCCC(C)C(=O)O.CCCCCCCCCCCCCCCCC(CCCCCCCCCCCCCCCC)C(=O)O. The molecule has 0 radical (unpaired) electrons. The van der Waals surface area contributed by atoms with Gasteiger partial charge in [0.2, 0.25) is 0 Å². The minimum atomic E-state index is -0.776. The van der Waals surface area contributed by atoms with Crippen molar-refractivity contribution in [1.29, 1.82) is 0 Å². The van der Waals surface area contributed by atoms with Gasteiger partial charge >= 0.3 is 17.9 Å². The molecule has 0 spiro atoms. The predicted octanol–water partition coefficient (Wildman–Crippen LogP) is 21.7. The molecule has 72 heavy (non-hydrogen) atoms. The van der Waals surface area contributed by atoms with E-state index >= 15 is 0 Å². The fourth-order valence-corrected chi connectivity index (χ4v) is 8.84. The molecule has 3 N–H and O–H groups in total. The minimum absolute atomic E-state index is 0.0975. The fraction of sp³-hybridized carbons (Fsp3) is 0.877. The second kappa shape index (κ2) is 61.1. The molecular formula is C65H126O7. The molecule has 0 bridgehead atoms. The molecule has 2 atom stereocenters. The largest absolute Gasteiger partial charge is 0.481 e. The summed E-state index contributed by atoms with van der Waals surface area (Å²) in [4.78, 5) is 43.1. The topological polar surface area (TPSA) is 129 Å². The summed E-state index contributed by atoms with van der Waals surface area (Å²) in [7, 11) is 0. The van der Waals surface area contributed by atoms with Crippen LogP contribution in [0.5, 0.6) is 0 Å². The first kappa shape index (κ1) is 76.1. The molecule has 0 amide bonds. The predicted molar refractivity (Wildman–Crippen MR) is 314 cm³/mol. The Morgan fingerprint density at radius 2 is 0.639 bits per heavy atom. The molecule has 428 valence electrons. The van der Waals surface area contributed by atoms with Crippen LogP contribution in [0.25, 0.3) is 0 Å². The van der Waals surface area contributed by atoms with Crippen molar-refractivity contribution in [1.82, 2.24) is 0 Å². The first-order valence-corrected chi connectivity index (χ1v) is 31.0. The van der Waals surface area contributed by atoms with Crippen LogP contribution in [0.2, 0.25) is 0 Å². The number of aliphatic carboxylic acids is 3. The third-order valence-electron chi connectivity index (χ3n) is 14.5. The number of rotatable bonds is 51. The maximum atomic E-state index is 11.6. The smallest absolute Gasteiger partial charge is 0.309 e. The van der Waals surface area contributed by atoms with Crippen molar-refractivity contribution in [2.24, 2.45) is 23.2 Å². The highest BCUT2D eigenvalue weighted by molar-refractivity contribution is 5.78. The number of unbranched alkanes of at least 4 members (excludes halogenated alkanes) is 37. The standard InChI is InChI=1S/C34H68O2.C17H34O2.C7H12O2.C7H12O/c1-3-5-7-9-11-13-15-17-19-21-23-25-27-29-31-33(34(35)36)32-30-28-26-24-22-20-18-16-14-12-10-8-6-4-2;1-3-4-5-6-7-8-9-10-11-12-13-14-15-16(2)17(18)19;1-4-5-7(2,3)6(8)9;1-4-5-6(2)7(3)8/h33H,3-32H2,1-2H3,(H,35,36);16H,3-15H2,1-2H3,(H,18,19);4H,1,5H2,2-3H3,(H,8,9);4,6H,1,5H2,2-3H3. The van der Waals surface area contributed by atoms with Gasteiger partial charge in [-0.25, -0.2) is 0 Å². The van der Waals surface area contributed by atoms with Crippen LogP contribution in [0.3, 0.4) is 0 Å². The van der Waals surface area contributed by atoms with Crippen LogP contribution in [-0.4, -0.2) is 39.0 Å². The molecule has 0 aliphatic heterocycles. The molecule has 0 aromatic heterocycles. The molecule has 7 nitrogen and oxygen atoms in total. The van der Waals surface area contributed by atoms with E-state index in [-0.39, 0.29) is 23.5 Å². The summed E-state index contributed by atoms with van der Waals surface area (Å²) in [5, 5.41) is 26.9. The number of carbonyl (C=O) groups is 4. The highest BCUT2D eigenvalue weighted by atomic mass is 16.4. The Morgan fingerprint density at radius 3 is 0.806 bits per heavy atom. The Kier molecular flexibility index (Phi) is 64.6. The van der Waals surface area contributed by atoms with Gasteiger partial charge in [0, 0.05) is 5.92 Å². The molecule has 2 unspecified atom stereocenters. The lowest BCUT2D eigenvalue weighted by Crippen LogP contribution is -2.22. The van der Waals surface area contributed by atoms with Crippen molar-refractivity contribution >= 4 is 23.7 Å². The van der Waals surface area contributed by atoms with Gasteiger partial charge in [0.1, 0.15) is 5.78 Å². The first-order chi connectivity index (χ1) is 34.6. The van der Waals surface area contributed by atoms with Crippen LogP contribution >= 0.6 is 0 Å². The Hall–Kier alpha value is -2.44. The zero-order valence-electron chi connectivity index (χ0n) is 49.6. The third kappa shape index (κ3) is 63.7. The number of ketones is 1. The Bertz CT molecular complexity index is 1150. The number of allylic oxidation sites excluding steroid dienone is 2. The fourth-order valence-electron chi connectivity index (χ4n) is 8.84. The van der Waals surface area contributed by atoms with Gasteiger partial charge in [-0.2, -0.15) is 0 Å². The maximum absolute atomic E-state index is 11.6. The molecule has 0 fully saturated rings. The Balaban J connectivity index is -0.000000526. The number of hydrogen-bond donors (Lipinski definition) is 3. The highest BCUT2D eigenvalue weighted by Gasteiger charge is 2.24. The van der Waals surface area contributed by atoms with Crippen LogP contribution in [0.4, 0.5) is 0 Å². The van der Waals surface area contributed by atoms with Crippen molar-refractivity contribution < 1.29 is 34.5 Å². The summed E-state index contributed by atoms with van der Waals surface area (Å²) in [5.74, 6) is -1.84. The zero-order valence-corrected chi connectivity index (χ0v) is 49.6. The second-order valence-electron chi connectivity index (χ2n) is 22.4. The molecule has 7 heteroatoms. The van der Waals surface area contributed by atoms with E-state index in [1.54, 1.807) is 39.8 Å². The highest BCUT2D eigenvalue weighted by Crippen LogP contribution is 2.22. The number of carboxylic acids is 3. The van der Waals surface area contributed by atoms with Crippen LogP contribution in [-0.2, 0) is 19.2 Å². The minimum Gasteiger partial charge on any atom is -0.481 e. The van der Waals surface area contributed by atoms with Crippen molar-refractivity contribution in [2.45, 2.75) is 344 Å².